The predicted octanol–water partition coefficient (Wildman–Crippen LogP) is -0.310. The van der Waals surface area contributed by atoms with E-state index in [4.69, 9.17) is 10.00 Å². The van der Waals surface area contributed by atoms with Crippen molar-refractivity contribution in [3.05, 3.63) is 18.1 Å². The Morgan fingerprint density at radius 1 is 1.63 bits per heavy atom. The molecule has 2 rings (SSSR count). The van der Waals surface area contributed by atoms with Crippen molar-refractivity contribution in [1.82, 2.24) is 15.3 Å². The van der Waals surface area contributed by atoms with Gasteiger partial charge in [-0.05, 0) is 6.92 Å². The number of anilines is 1. The number of carbonyl (C=O) groups is 1. The van der Waals surface area contributed by atoms with Gasteiger partial charge in [-0.25, -0.2) is 9.97 Å². The van der Waals surface area contributed by atoms with Gasteiger partial charge in [0.25, 0.3) is 0 Å². The monoisotopic (exact) mass is 261 g/mol. The minimum absolute atomic E-state index is 0.128. The minimum atomic E-state index is -0.475. The lowest BCUT2D eigenvalue weighted by Gasteiger charge is -2.35. The standard InChI is InChI=1S/C12H15N5O2/c1-2-14-12(18)10-8-19-6-5-17(10)11-9(7-13)15-3-4-16-11/h3-4,10H,2,5-6,8H2,1H3,(H,14,18). The summed E-state index contributed by atoms with van der Waals surface area (Å²) in [5, 5.41) is 11.8. The first kappa shape index (κ1) is 13.2. The number of morpholine rings is 1. The Bertz CT molecular complexity index is 499. The summed E-state index contributed by atoms with van der Waals surface area (Å²) in [7, 11) is 0. The molecule has 0 radical (unpaired) electrons. The molecule has 2 heterocycles. The Balaban J connectivity index is 2.29. The SMILES string of the molecule is CCNC(=O)C1COCCN1c1nccnc1C#N. The average molecular weight is 261 g/mol. The van der Waals surface area contributed by atoms with Crippen LogP contribution in [0.15, 0.2) is 12.4 Å². The Morgan fingerprint density at radius 2 is 2.42 bits per heavy atom. The second-order valence-corrected chi connectivity index (χ2v) is 4.02. The van der Waals surface area contributed by atoms with E-state index in [1.807, 2.05) is 13.0 Å². The van der Waals surface area contributed by atoms with Gasteiger partial charge in [-0.1, -0.05) is 0 Å². The van der Waals surface area contributed by atoms with E-state index in [1.54, 1.807) is 4.90 Å². The first-order valence-electron chi connectivity index (χ1n) is 6.11. The van der Waals surface area contributed by atoms with E-state index in [9.17, 15) is 4.79 Å². The van der Waals surface area contributed by atoms with E-state index in [0.29, 0.717) is 25.5 Å². The van der Waals surface area contributed by atoms with E-state index >= 15 is 0 Å². The third-order valence-corrected chi connectivity index (χ3v) is 2.84. The molecule has 1 N–H and O–H groups in total. The van der Waals surface area contributed by atoms with Gasteiger partial charge in [0.2, 0.25) is 5.91 Å². The van der Waals surface area contributed by atoms with Crippen molar-refractivity contribution in [3.63, 3.8) is 0 Å². The Morgan fingerprint density at radius 3 is 3.16 bits per heavy atom. The molecule has 1 aromatic rings. The third kappa shape index (κ3) is 2.80. The van der Waals surface area contributed by atoms with Crippen LogP contribution in [0.25, 0.3) is 0 Å². The summed E-state index contributed by atoms with van der Waals surface area (Å²) in [4.78, 5) is 21.9. The number of nitrogens with zero attached hydrogens (tertiary/aromatic N) is 4. The fourth-order valence-electron chi connectivity index (χ4n) is 1.99. The van der Waals surface area contributed by atoms with Gasteiger partial charge in [0.1, 0.15) is 12.1 Å². The topological polar surface area (TPSA) is 91.1 Å². The molecule has 100 valence electrons. The van der Waals surface area contributed by atoms with Crippen molar-refractivity contribution in [1.29, 1.82) is 5.26 Å². The van der Waals surface area contributed by atoms with Gasteiger partial charge in [-0.3, -0.25) is 4.79 Å². The molecule has 0 bridgehead atoms. The molecule has 0 aromatic carbocycles. The third-order valence-electron chi connectivity index (χ3n) is 2.84. The van der Waals surface area contributed by atoms with E-state index in [0.717, 1.165) is 0 Å². The molecule has 0 aliphatic carbocycles. The largest absolute Gasteiger partial charge is 0.377 e. The lowest BCUT2D eigenvalue weighted by atomic mass is 10.2. The highest BCUT2D eigenvalue weighted by Gasteiger charge is 2.31. The van der Waals surface area contributed by atoms with Crippen molar-refractivity contribution < 1.29 is 9.53 Å². The molecule has 7 nitrogen and oxygen atoms in total. The number of hydrogen-bond acceptors (Lipinski definition) is 6. The molecule has 1 fully saturated rings. The van der Waals surface area contributed by atoms with Crippen LogP contribution in [0.4, 0.5) is 5.82 Å². The van der Waals surface area contributed by atoms with Crippen LogP contribution in [-0.4, -0.2) is 48.2 Å². The molecule has 1 aromatic heterocycles. The molecule has 1 saturated heterocycles. The molecule has 1 aliphatic rings. The minimum Gasteiger partial charge on any atom is -0.377 e. The van der Waals surface area contributed by atoms with Crippen molar-refractivity contribution in [3.8, 4) is 6.07 Å². The van der Waals surface area contributed by atoms with E-state index in [1.165, 1.54) is 12.4 Å². The quantitative estimate of drug-likeness (QED) is 0.802. The van der Waals surface area contributed by atoms with Crippen LogP contribution in [0.5, 0.6) is 0 Å². The number of aromatic nitrogens is 2. The molecule has 0 spiro atoms. The van der Waals surface area contributed by atoms with E-state index < -0.39 is 6.04 Å². The number of nitriles is 1. The zero-order valence-electron chi connectivity index (χ0n) is 10.7. The molecule has 7 heteroatoms. The van der Waals surface area contributed by atoms with E-state index in [-0.39, 0.29) is 18.2 Å². The number of carbonyl (C=O) groups excluding carboxylic acids is 1. The normalized spacial score (nSPS) is 18.7. The smallest absolute Gasteiger partial charge is 0.245 e. The van der Waals surface area contributed by atoms with Crippen LogP contribution >= 0.6 is 0 Å². The maximum absolute atomic E-state index is 12.0. The Kier molecular flexibility index (Phi) is 4.26. The number of rotatable bonds is 3. The summed E-state index contributed by atoms with van der Waals surface area (Å²) in [6.45, 7) is 3.70. The average Bonchev–Trinajstić information content (AvgIpc) is 2.47. The highest BCUT2D eigenvalue weighted by molar-refractivity contribution is 5.85. The van der Waals surface area contributed by atoms with Crippen LogP contribution in [0.3, 0.4) is 0 Å². The summed E-state index contributed by atoms with van der Waals surface area (Å²) in [6.07, 6.45) is 2.98. The van der Waals surface area contributed by atoms with Gasteiger partial charge < -0.3 is 15.0 Å². The van der Waals surface area contributed by atoms with Gasteiger partial charge >= 0.3 is 0 Å². The van der Waals surface area contributed by atoms with Gasteiger partial charge in [0.05, 0.1) is 13.2 Å². The molecule has 19 heavy (non-hydrogen) atoms. The van der Waals surface area contributed by atoms with Crippen molar-refractivity contribution in [2.24, 2.45) is 0 Å². The van der Waals surface area contributed by atoms with Gasteiger partial charge in [-0.15, -0.1) is 0 Å². The number of likely N-dealkylation sites (N-methyl/N-ethyl adjacent to an activating group) is 1. The van der Waals surface area contributed by atoms with Crippen LogP contribution in [0, 0.1) is 11.3 Å². The van der Waals surface area contributed by atoms with Crippen LogP contribution in [0.2, 0.25) is 0 Å². The zero-order chi connectivity index (χ0) is 13.7. The highest BCUT2D eigenvalue weighted by atomic mass is 16.5. The molecular formula is C12H15N5O2. The summed E-state index contributed by atoms with van der Waals surface area (Å²) < 4.78 is 5.34. The van der Waals surface area contributed by atoms with Crippen molar-refractivity contribution >= 4 is 11.7 Å². The second kappa shape index (κ2) is 6.11. The zero-order valence-corrected chi connectivity index (χ0v) is 10.7. The number of amides is 1. The second-order valence-electron chi connectivity index (χ2n) is 4.02. The summed E-state index contributed by atoms with van der Waals surface area (Å²) in [5.74, 6) is 0.307. The maximum Gasteiger partial charge on any atom is 0.245 e. The molecule has 1 atom stereocenters. The molecular weight excluding hydrogens is 246 g/mol. The predicted molar refractivity (Wildman–Crippen MR) is 67.4 cm³/mol. The van der Waals surface area contributed by atoms with Crippen molar-refractivity contribution in [2.45, 2.75) is 13.0 Å². The fourth-order valence-corrected chi connectivity index (χ4v) is 1.99. The Hall–Kier alpha value is -2.20. The van der Waals surface area contributed by atoms with Gasteiger partial charge in [-0.2, -0.15) is 5.26 Å². The first-order chi connectivity index (χ1) is 9.27. The molecule has 1 amide bonds. The van der Waals surface area contributed by atoms with Crippen LogP contribution in [0.1, 0.15) is 12.6 Å². The molecule has 0 saturated carbocycles. The number of nitrogens with one attached hydrogen (secondary N) is 1. The van der Waals surface area contributed by atoms with Crippen molar-refractivity contribution in [2.75, 3.05) is 31.2 Å². The molecule has 1 unspecified atom stereocenters. The lowest BCUT2D eigenvalue weighted by molar-refractivity contribution is -0.124. The van der Waals surface area contributed by atoms with Crippen LogP contribution in [-0.2, 0) is 9.53 Å². The lowest BCUT2D eigenvalue weighted by Crippen LogP contribution is -2.54. The summed E-state index contributed by atoms with van der Waals surface area (Å²) in [5.41, 5.74) is 0.221. The number of hydrogen-bond donors (Lipinski definition) is 1. The summed E-state index contributed by atoms with van der Waals surface area (Å²) >= 11 is 0. The Labute approximate surface area is 111 Å². The highest BCUT2D eigenvalue weighted by Crippen LogP contribution is 2.19. The number of ether oxygens (including phenoxy) is 1. The fraction of sp³-hybridized carbons (Fsp3) is 0.500. The maximum atomic E-state index is 12.0. The first-order valence-corrected chi connectivity index (χ1v) is 6.11. The van der Waals surface area contributed by atoms with E-state index in [2.05, 4.69) is 15.3 Å². The summed E-state index contributed by atoms with van der Waals surface area (Å²) in [6, 6.07) is 1.52. The van der Waals surface area contributed by atoms with Gasteiger partial charge in [0, 0.05) is 25.5 Å². The molecule has 1 aliphatic heterocycles. The van der Waals surface area contributed by atoms with Gasteiger partial charge in [0.15, 0.2) is 11.5 Å². The van der Waals surface area contributed by atoms with Crippen LogP contribution < -0.4 is 10.2 Å².